The Labute approximate surface area is 121 Å². The number of nitriles is 1. The third-order valence-electron chi connectivity index (χ3n) is 4.99. The summed E-state index contributed by atoms with van der Waals surface area (Å²) in [6.45, 7) is 3.59. The van der Waals surface area contributed by atoms with Crippen LogP contribution in [0, 0.1) is 11.3 Å². The second-order valence-electron chi connectivity index (χ2n) is 6.11. The number of hydrogen-bond acceptors (Lipinski definition) is 3. The number of rotatable bonds is 5. The molecule has 0 aromatic heterocycles. The lowest BCUT2D eigenvalue weighted by Gasteiger charge is -2.32. The normalized spacial score (nSPS) is 20.6. The summed E-state index contributed by atoms with van der Waals surface area (Å²) in [5.41, 5.74) is 2.24. The Bertz CT molecular complexity index is 493. The second kappa shape index (κ2) is 5.85. The van der Waals surface area contributed by atoms with Crippen molar-refractivity contribution in [2.24, 2.45) is 0 Å². The van der Waals surface area contributed by atoms with Crippen molar-refractivity contribution in [1.29, 1.82) is 5.26 Å². The Hall–Kier alpha value is -1.53. The average molecular weight is 269 g/mol. The molecule has 3 heteroatoms. The number of para-hydroxylation sites is 1. The van der Waals surface area contributed by atoms with E-state index in [4.69, 9.17) is 5.26 Å². The smallest absolute Gasteiger partial charge is 0.101 e. The lowest BCUT2D eigenvalue weighted by Crippen LogP contribution is -2.38. The summed E-state index contributed by atoms with van der Waals surface area (Å²) >= 11 is 0. The van der Waals surface area contributed by atoms with Gasteiger partial charge in [0.2, 0.25) is 0 Å². The molecule has 0 saturated carbocycles. The number of benzene rings is 1. The molecule has 1 aromatic rings. The van der Waals surface area contributed by atoms with Crippen molar-refractivity contribution in [2.45, 2.75) is 44.1 Å². The van der Waals surface area contributed by atoms with Gasteiger partial charge in [0.1, 0.15) is 6.07 Å². The van der Waals surface area contributed by atoms with Gasteiger partial charge in [-0.3, -0.25) is 4.90 Å². The van der Waals surface area contributed by atoms with Crippen LogP contribution in [-0.2, 0) is 0 Å². The van der Waals surface area contributed by atoms with E-state index < -0.39 is 0 Å². The predicted molar refractivity (Wildman–Crippen MR) is 81.7 cm³/mol. The molecule has 0 radical (unpaired) electrons. The molecule has 0 bridgehead atoms. The van der Waals surface area contributed by atoms with Crippen LogP contribution in [0.3, 0.4) is 0 Å². The number of fused-ring (bicyclic) bond motifs is 1. The van der Waals surface area contributed by atoms with E-state index in [2.05, 4.69) is 16.3 Å². The Morgan fingerprint density at radius 1 is 1.20 bits per heavy atom. The summed E-state index contributed by atoms with van der Waals surface area (Å²) in [4.78, 5) is 2.72. The van der Waals surface area contributed by atoms with Gasteiger partial charge in [-0.25, -0.2) is 0 Å². The molecule has 0 spiro atoms. The maximum atomic E-state index is 9.07. The minimum atomic E-state index is 0.524. The van der Waals surface area contributed by atoms with Crippen molar-refractivity contribution in [3.8, 4) is 6.07 Å². The monoisotopic (exact) mass is 269 g/mol. The zero-order valence-electron chi connectivity index (χ0n) is 12.1. The fourth-order valence-electron chi connectivity index (χ4n) is 4.01. The highest BCUT2D eigenvalue weighted by Gasteiger charge is 2.43. The van der Waals surface area contributed by atoms with Crippen molar-refractivity contribution in [2.75, 3.05) is 25.0 Å². The van der Waals surface area contributed by atoms with Crippen LogP contribution < -0.4 is 5.32 Å². The summed E-state index contributed by atoms with van der Waals surface area (Å²) in [7, 11) is 0. The first kappa shape index (κ1) is 13.5. The molecule has 2 saturated heterocycles. The maximum Gasteiger partial charge on any atom is 0.101 e. The quantitative estimate of drug-likeness (QED) is 0.833. The third-order valence-corrected chi connectivity index (χ3v) is 4.99. The van der Waals surface area contributed by atoms with E-state index in [0.29, 0.717) is 5.54 Å². The molecule has 0 amide bonds. The molecular formula is C17H23N3. The highest BCUT2D eigenvalue weighted by Crippen LogP contribution is 2.41. The van der Waals surface area contributed by atoms with Crippen molar-refractivity contribution >= 4 is 5.69 Å². The molecule has 3 rings (SSSR count). The van der Waals surface area contributed by atoms with Gasteiger partial charge in [-0.2, -0.15) is 5.26 Å². The fraction of sp³-hybridized carbons (Fsp3) is 0.588. The number of nitrogens with one attached hydrogen (secondary N) is 1. The van der Waals surface area contributed by atoms with E-state index >= 15 is 0 Å². The van der Waals surface area contributed by atoms with Crippen LogP contribution in [0.4, 0.5) is 5.69 Å². The number of anilines is 1. The molecule has 0 unspecified atom stereocenters. The Morgan fingerprint density at radius 2 is 1.95 bits per heavy atom. The average Bonchev–Trinajstić information content (AvgIpc) is 3.03. The van der Waals surface area contributed by atoms with Gasteiger partial charge in [-0.1, -0.05) is 12.1 Å². The van der Waals surface area contributed by atoms with Crippen molar-refractivity contribution in [3.63, 3.8) is 0 Å². The molecule has 2 heterocycles. The van der Waals surface area contributed by atoms with Crippen molar-refractivity contribution in [1.82, 2.24) is 4.90 Å². The molecule has 1 N–H and O–H groups in total. The van der Waals surface area contributed by atoms with Crippen LogP contribution in [0.15, 0.2) is 24.3 Å². The van der Waals surface area contributed by atoms with Gasteiger partial charge in [0.15, 0.2) is 0 Å². The topological polar surface area (TPSA) is 39.1 Å². The highest BCUT2D eigenvalue weighted by atomic mass is 15.2. The molecule has 0 aliphatic carbocycles. The third kappa shape index (κ3) is 2.53. The van der Waals surface area contributed by atoms with Crippen LogP contribution >= 0.6 is 0 Å². The Kier molecular flexibility index (Phi) is 3.93. The van der Waals surface area contributed by atoms with Gasteiger partial charge in [0.05, 0.1) is 11.3 Å². The van der Waals surface area contributed by atoms with Crippen molar-refractivity contribution in [3.05, 3.63) is 29.8 Å². The van der Waals surface area contributed by atoms with Gasteiger partial charge in [-0.05, 0) is 63.7 Å². The standard InChI is InChI=1S/C17H23N3/c18-14-15-6-1-2-7-16(15)19-11-3-8-17-9-4-12-20(17)13-5-10-17/h1-2,6-7,19H,3-5,8-13H2. The molecule has 2 aliphatic rings. The second-order valence-corrected chi connectivity index (χ2v) is 6.11. The van der Waals surface area contributed by atoms with E-state index in [1.165, 1.54) is 51.6 Å². The van der Waals surface area contributed by atoms with Crippen LogP contribution in [-0.4, -0.2) is 30.1 Å². The van der Waals surface area contributed by atoms with E-state index in [9.17, 15) is 0 Å². The summed E-state index contributed by atoms with van der Waals surface area (Å²) in [5.74, 6) is 0. The molecule has 1 aromatic carbocycles. The van der Waals surface area contributed by atoms with Crippen LogP contribution in [0.5, 0.6) is 0 Å². The lowest BCUT2D eigenvalue weighted by molar-refractivity contribution is 0.180. The zero-order valence-corrected chi connectivity index (χ0v) is 12.1. The highest BCUT2D eigenvalue weighted by molar-refractivity contribution is 5.56. The van der Waals surface area contributed by atoms with Gasteiger partial charge >= 0.3 is 0 Å². The molecule has 0 atom stereocenters. The first-order chi connectivity index (χ1) is 9.84. The minimum Gasteiger partial charge on any atom is -0.384 e. The SMILES string of the molecule is N#Cc1ccccc1NCCCC12CCCN1CCC2. The summed E-state index contributed by atoms with van der Waals surface area (Å²) in [5, 5.41) is 12.5. The summed E-state index contributed by atoms with van der Waals surface area (Å²) < 4.78 is 0. The molecule has 106 valence electrons. The predicted octanol–water partition coefficient (Wildman–Crippen LogP) is 3.38. The summed E-state index contributed by atoms with van der Waals surface area (Å²) in [6.07, 6.45) is 8.03. The first-order valence-corrected chi connectivity index (χ1v) is 7.82. The van der Waals surface area contributed by atoms with Crippen molar-refractivity contribution < 1.29 is 0 Å². The zero-order chi connectivity index (χ0) is 13.8. The maximum absolute atomic E-state index is 9.07. The van der Waals surface area contributed by atoms with Crippen LogP contribution in [0.25, 0.3) is 0 Å². The fourth-order valence-corrected chi connectivity index (χ4v) is 4.01. The van der Waals surface area contributed by atoms with Crippen LogP contribution in [0.2, 0.25) is 0 Å². The van der Waals surface area contributed by atoms with E-state index in [1.807, 2.05) is 24.3 Å². The number of hydrogen-bond donors (Lipinski definition) is 1. The Balaban J connectivity index is 1.50. The molecular weight excluding hydrogens is 246 g/mol. The lowest BCUT2D eigenvalue weighted by atomic mass is 9.89. The van der Waals surface area contributed by atoms with Gasteiger partial charge < -0.3 is 5.32 Å². The summed E-state index contributed by atoms with van der Waals surface area (Å²) in [6, 6.07) is 10.0. The first-order valence-electron chi connectivity index (χ1n) is 7.82. The van der Waals surface area contributed by atoms with Gasteiger partial charge in [0, 0.05) is 12.1 Å². The molecule has 20 heavy (non-hydrogen) atoms. The van der Waals surface area contributed by atoms with E-state index in [-0.39, 0.29) is 0 Å². The van der Waals surface area contributed by atoms with Crippen LogP contribution in [0.1, 0.15) is 44.1 Å². The number of nitrogens with zero attached hydrogens (tertiary/aromatic N) is 2. The Morgan fingerprint density at radius 3 is 2.70 bits per heavy atom. The van der Waals surface area contributed by atoms with Gasteiger partial charge in [-0.15, -0.1) is 0 Å². The largest absolute Gasteiger partial charge is 0.384 e. The molecule has 2 aliphatic heterocycles. The van der Waals surface area contributed by atoms with E-state index in [0.717, 1.165) is 17.8 Å². The van der Waals surface area contributed by atoms with Gasteiger partial charge in [0.25, 0.3) is 0 Å². The van der Waals surface area contributed by atoms with E-state index in [1.54, 1.807) is 0 Å². The minimum absolute atomic E-state index is 0.524. The molecule has 2 fully saturated rings. The molecule has 3 nitrogen and oxygen atoms in total.